The number of pyridine rings is 1. The van der Waals surface area contributed by atoms with E-state index in [-0.39, 0.29) is 10.8 Å². The highest BCUT2D eigenvalue weighted by molar-refractivity contribution is 6.36. The third kappa shape index (κ3) is 7.13. The number of nitrogens with zero attached hydrogens (tertiary/aromatic N) is 1. The zero-order valence-electron chi connectivity index (χ0n) is 14.2. The minimum atomic E-state index is -0.660. The fraction of sp³-hybridized carbons (Fsp3) is 0.105. The maximum absolute atomic E-state index is 11.8. The zero-order chi connectivity index (χ0) is 19.6. The molecule has 140 valence electrons. The molecule has 0 radical (unpaired) electrons. The van der Waals surface area contributed by atoms with Gasteiger partial charge < -0.3 is 14.8 Å². The van der Waals surface area contributed by atoms with E-state index in [0.717, 1.165) is 5.56 Å². The van der Waals surface area contributed by atoms with Gasteiger partial charge in [-0.3, -0.25) is 4.79 Å². The molecule has 2 aromatic rings. The first-order chi connectivity index (χ1) is 13.0. The van der Waals surface area contributed by atoms with E-state index in [1.54, 1.807) is 36.4 Å². The second-order valence-electron chi connectivity index (χ2n) is 5.14. The molecule has 0 atom stereocenters. The Hall–Kier alpha value is -2.83. The van der Waals surface area contributed by atoms with Gasteiger partial charge in [0.25, 0.3) is 5.91 Å². The maximum atomic E-state index is 11.8. The van der Waals surface area contributed by atoms with E-state index in [1.165, 1.54) is 18.3 Å². The van der Waals surface area contributed by atoms with Crippen molar-refractivity contribution < 1.29 is 19.1 Å². The Balaban J connectivity index is 1.80. The van der Waals surface area contributed by atoms with Crippen LogP contribution < -0.4 is 10.1 Å². The van der Waals surface area contributed by atoms with Gasteiger partial charge in [0.2, 0.25) is 0 Å². The number of hydrogen-bond acceptors (Lipinski definition) is 5. The Morgan fingerprint density at radius 3 is 2.63 bits per heavy atom. The summed E-state index contributed by atoms with van der Waals surface area (Å²) in [5.74, 6) is -0.401. The van der Waals surface area contributed by atoms with Crippen LogP contribution in [0.4, 0.5) is 5.82 Å². The van der Waals surface area contributed by atoms with Crippen LogP contribution in [0, 0.1) is 0 Å². The number of hydrogen-bond donors (Lipinski definition) is 1. The number of ether oxygens (including phenoxy) is 2. The number of carbonyl (C=O) groups excluding carboxylic acids is 2. The number of anilines is 1. The summed E-state index contributed by atoms with van der Waals surface area (Å²) in [4.78, 5) is 27.4. The van der Waals surface area contributed by atoms with Gasteiger partial charge in [-0.15, -0.1) is 0 Å². The van der Waals surface area contributed by atoms with Crippen LogP contribution in [-0.4, -0.2) is 30.1 Å². The number of benzene rings is 1. The zero-order valence-corrected chi connectivity index (χ0v) is 15.7. The van der Waals surface area contributed by atoms with Crippen molar-refractivity contribution in [1.29, 1.82) is 0 Å². The highest BCUT2D eigenvalue weighted by Crippen LogP contribution is 2.22. The minimum Gasteiger partial charge on any atom is -0.490 e. The summed E-state index contributed by atoms with van der Waals surface area (Å²) in [7, 11) is 0. The molecule has 1 N–H and O–H groups in total. The second-order valence-corrected chi connectivity index (χ2v) is 5.99. The van der Waals surface area contributed by atoms with Crippen molar-refractivity contribution in [2.45, 2.75) is 0 Å². The summed E-state index contributed by atoms with van der Waals surface area (Å²) in [6.45, 7) is 3.51. The third-order valence-corrected chi connectivity index (χ3v) is 3.57. The van der Waals surface area contributed by atoms with E-state index in [2.05, 4.69) is 16.9 Å². The van der Waals surface area contributed by atoms with Crippen LogP contribution in [0.2, 0.25) is 10.0 Å². The molecular formula is C19H16Cl2N2O4. The van der Waals surface area contributed by atoms with Crippen molar-refractivity contribution in [2.24, 2.45) is 0 Å². The molecule has 0 unspecified atom stereocenters. The van der Waals surface area contributed by atoms with E-state index in [4.69, 9.17) is 32.7 Å². The molecule has 1 aromatic heterocycles. The lowest BCUT2D eigenvalue weighted by atomic mass is 10.2. The first-order valence-corrected chi connectivity index (χ1v) is 8.53. The molecule has 0 spiro atoms. The quantitative estimate of drug-likeness (QED) is 0.404. The van der Waals surface area contributed by atoms with Crippen molar-refractivity contribution in [3.63, 3.8) is 0 Å². The van der Waals surface area contributed by atoms with E-state index >= 15 is 0 Å². The maximum Gasteiger partial charge on any atom is 0.331 e. The van der Waals surface area contributed by atoms with Gasteiger partial charge in [-0.25, -0.2) is 9.78 Å². The lowest BCUT2D eigenvalue weighted by molar-refractivity contribution is -0.142. The van der Waals surface area contributed by atoms with Crippen molar-refractivity contribution in [3.05, 3.63) is 70.9 Å². The molecule has 27 heavy (non-hydrogen) atoms. The number of aromatic nitrogens is 1. The number of rotatable bonds is 8. The number of nitrogens with one attached hydrogen (secondary N) is 1. The Morgan fingerprint density at radius 2 is 1.96 bits per heavy atom. The fourth-order valence-corrected chi connectivity index (χ4v) is 2.28. The SMILES string of the molecule is C=CCOc1ccc(/C=C/C(=O)OCC(=O)Nc2ncc(Cl)cc2Cl)cc1. The summed E-state index contributed by atoms with van der Waals surface area (Å²) in [6.07, 6.45) is 5.78. The number of halogens is 2. The highest BCUT2D eigenvalue weighted by Gasteiger charge is 2.09. The molecule has 1 aromatic carbocycles. The van der Waals surface area contributed by atoms with Crippen LogP contribution in [0.15, 0.2) is 55.3 Å². The molecule has 1 amide bonds. The molecule has 6 nitrogen and oxygen atoms in total. The van der Waals surface area contributed by atoms with Crippen LogP contribution in [0.1, 0.15) is 5.56 Å². The molecule has 8 heteroatoms. The van der Waals surface area contributed by atoms with Crippen LogP contribution in [0.5, 0.6) is 5.75 Å². The lowest BCUT2D eigenvalue weighted by Gasteiger charge is -2.06. The van der Waals surface area contributed by atoms with Gasteiger partial charge in [0.05, 0.1) is 10.0 Å². The summed E-state index contributed by atoms with van der Waals surface area (Å²) < 4.78 is 10.2. The molecule has 2 rings (SSSR count). The van der Waals surface area contributed by atoms with Gasteiger partial charge in [0.15, 0.2) is 12.4 Å². The Bertz CT molecular complexity index is 851. The summed E-state index contributed by atoms with van der Waals surface area (Å²) >= 11 is 11.6. The van der Waals surface area contributed by atoms with Crippen molar-refractivity contribution in [1.82, 2.24) is 4.98 Å². The molecule has 0 saturated heterocycles. The first-order valence-electron chi connectivity index (χ1n) is 7.77. The van der Waals surface area contributed by atoms with Crippen LogP contribution in [0.25, 0.3) is 6.08 Å². The van der Waals surface area contributed by atoms with Crippen molar-refractivity contribution in [2.75, 3.05) is 18.5 Å². The van der Waals surface area contributed by atoms with Crippen LogP contribution in [-0.2, 0) is 14.3 Å². The van der Waals surface area contributed by atoms with E-state index in [9.17, 15) is 9.59 Å². The predicted octanol–water partition coefficient (Wildman–Crippen LogP) is 4.15. The van der Waals surface area contributed by atoms with E-state index in [0.29, 0.717) is 17.4 Å². The minimum absolute atomic E-state index is 0.136. The van der Waals surface area contributed by atoms with Gasteiger partial charge in [-0.05, 0) is 29.8 Å². The molecule has 0 aliphatic rings. The molecular weight excluding hydrogens is 391 g/mol. The fourth-order valence-electron chi connectivity index (χ4n) is 1.85. The first kappa shape index (κ1) is 20.5. The summed E-state index contributed by atoms with van der Waals surface area (Å²) in [6, 6.07) is 8.54. The van der Waals surface area contributed by atoms with Gasteiger partial charge >= 0.3 is 5.97 Å². The Morgan fingerprint density at radius 1 is 1.22 bits per heavy atom. The van der Waals surface area contributed by atoms with E-state index in [1.807, 2.05) is 0 Å². The van der Waals surface area contributed by atoms with Gasteiger partial charge in [0, 0.05) is 12.3 Å². The van der Waals surface area contributed by atoms with Crippen molar-refractivity contribution in [3.8, 4) is 5.75 Å². The number of amides is 1. The number of carbonyl (C=O) groups is 2. The predicted molar refractivity (Wildman–Crippen MR) is 105 cm³/mol. The van der Waals surface area contributed by atoms with Crippen LogP contribution in [0.3, 0.4) is 0 Å². The van der Waals surface area contributed by atoms with Gasteiger partial charge in [0.1, 0.15) is 12.4 Å². The lowest BCUT2D eigenvalue weighted by Crippen LogP contribution is -2.20. The third-order valence-electron chi connectivity index (χ3n) is 3.07. The number of esters is 1. The summed E-state index contributed by atoms with van der Waals surface area (Å²) in [5.41, 5.74) is 0.777. The van der Waals surface area contributed by atoms with Crippen LogP contribution >= 0.6 is 23.2 Å². The molecule has 0 aliphatic carbocycles. The van der Waals surface area contributed by atoms with Crippen molar-refractivity contribution >= 4 is 47.0 Å². The monoisotopic (exact) mass is 406 g/mol. The normalized spacial score (nSPS) is 10.4. The van der Waals surface area contributed by atoms with Gasteiger partial charge in [-0.2, -0.15) is 0 Å². The second kappa shape index (κ2) is 10.4. The smallest absolute Gasteiger partial charge is 0.331 e. The molecule has 0 fully saturated rings. The molecule has 0 bridgehead atoms. The Kier molecular flexibility index (Phi) is 7.85. The topological polar surface area (TPSA) is 77.5 Å². The average molecular weight is 407 g/mol. The van der Waals surface area contributed by atoms with Gasteiger partial charge in [-0.1, -0.05) is 48.0 Å². The Labute approximate surface area is 166 Å². The largest absolute Gasteiger partial charge is 0.490 e. The molecule has 1 heterocycles. The standard InChI is InChI=1S/C19H16Cl2N2O4/c1-2-9-26-15-6-3-13(4-7-15)5-8-18(25)27-12-17(24)23-19-16(21)10-14(20)11-22-19/h2-8,10-11H,1,9,12H2,(H,22,23,24)/b8-5+. The molecule has 0 aliphatic heterocycles. The summed E-state index contributed by atoms with van der Waals surface area (Å²) in [5, 5.41) is 2.95. The molecule has 0 saturated carbocycles. The average Bonchev–Trinajstić information content (AvgIpc) is 2.66. The van der Waals surface area contributed by atoms with E-state index < -0.39 is 18.5 Å². The highest BCUT2D eigenvalue weighted by atomic mass is 35.5.